The van der Waals surface area contributed by atoms with Crippen LogP contribution in [0.1, 0.15) is 22.8 Å². The van der Waals surface area contributed by atoms with E-state index in [9.17, 15) is 18.0 Å². The fraction of sp³-hybridized carbons (Fsp3) is 0.0357. The van der Waals surface area contributed by atoms with Crippen molar-refractivity contribution in [1.82, 2.24) is 0 Å². The lowest BCUT2D eigenvalue weighted by atomic mass is 10.1. The highest BCUT2D eigenvalue weighted by Gasteiger charge is 2.17. The summed E-state index contributed by atoms with van der Waals surface area (Å²) >= 11 is 0. The maximum absolute atomic E-state index is 13.3. The summed E-state index contributed by atoms with van der Waals surface area (Å²) in [7, 11) is -3.93. The summed E-state index contributed by atoms with van der Waals surface area (Å²) in [5, 5.41) is 18.4. The van der Waals surface area contributed by atoms with E-state index < -0.39 is 15.9 Å². The fourth-order valence-corrected chi connectivity index (χ4v) is 4.58. The number of amidine groups is 1. The fourth-order valence-electron chi connectivity index (χ4n) is 3.82. The second kappa shape index (κ2) is 11.2. The monoisotopic (exact) mass is 543 g/mol. The van der Waals surface area contributed by atoms with Gasteiger partial charge < -0.3 is 21.1 Å². The summed E-state index contributed by atoms with van der Waals surface area (Å²) in [5.41, 5.74) is 8.03. The molecule has 11 heteroatoms. The maximum atomic E-state index is 13.3. The van der Waals surface area contributed by atoms with Crippen LogP contribution < -0.4 is 26.2 Å². The van der Waals surface area contributed by atoms with E-state index in [1.165, 1.54) is 19.1 Å². The molecule has 198 valence electrons. The SMILES string of the molecule is CC(=O)Nc1ccc(Oc2cccc(C(=N)N)c2)c(C(=O)Nc2ccc(-c3ccccc3S(N)(=O)=O)cc2)c1. The molecule has 0 aliphatic rings. The second-order valence-corrected chi connectivity index (χ2v) is 10.0. The van der Waals surface area contributed by atoms with Gasteiger partial charge in [-0.1, -0.05) is 42.5 Å². The molecule has 0 bridgehead atoms. The lowest BCUT2D eigenvalue weighted by Gasteiger charge is -2.14. The summed E-state index contributed by atoms with van der Waals surface area (Å²) in [6.45, 7) is 1.35. The van der Waals surface area contributed by atoms with Crippen LogP contribution in [0.3, 0.4) is 0 Å². The van der Waals surface area contributed by atoms with Crippen molar-refractivity contribution in [3.05, 3.63) is 102 Å². The Labute approximate surface area is 225 Å². The van der Waals surface area contributed by atoms with Crippen LogP contribution in [0.25, 0.3) is 11.1 Å². The van der Waals surface area contributed by atoms with E-state index in [4.69, 9.17) is 21.0 Å². The largest absolute Gasteiger partial charge is 0.457 e. The van der Waals surface area contributed by atoms with E-state index in [1.54, 1.807) is 78.9 Å². The number of carbonyl (C=O) groups is 2. The lowest BCUT2D eigenvalue weighted by molar-refractivity contribution is -0.114. The molecule has 0 radical (unpaired) electrons. The molecular weight excluding hydrogens is 518 g/mol. The Morgan fingerprint density at radius 3 is 2.21 bits per heavy atom. The zero-order valence-corrected chi connectivity index (χ0v) is 21.6. The molecule has 0 spiro atoms. The van der Waals surface area contributed by atoms with E-state index in [2.05, 4.69) is 10.6 Å². The number of carbonyl (C=O) groups excluding carboxylic acids is 2. The third-order valence-electron chi connectivity index (χ3n) is 5.56. The summed E-state index contributed by atoms with van der Waals surface area (Å²) in [4.78, 5) is 24.9. The first kappa shape index (κ1) is 27.0. The molecule has 0 atom stereocenters. The molecule has 0 fully saturated rings. The average Bonchev–Trinajstić information content (AvgIpc) is 2.89. The molecule has 4 aromatic carbocycles. The summed E-state index contributed by atoms with van der Waals surface area (Å²) in [6, 6.07) is 24.1. The number of ether oxygens (including phenoxy) is 1. The molecule has 0 saturated heterocycles. The Morgan fingerprint density at radius 2 is 1.54 bits per heavy atom. The van der Waals surface area contributed by atoms with Crippen molar-refractivity contribution in [2.75, 3.05) is 10.6 Å². The molecule has 10 nitrogen and oxygen atoms in total. The van der Waals surface area contributed by atoms with E-state index in [0.29, 0.717) is 33.8 Å². The number of sulfonamides is 1. The van der Waals surface area contributed by atoms with Crippen LogP contribution in [0.15, 0.2) is 95.9 Å². The highest BCUT2D eigenvalue weighted by Crippen LogP contribution is 2.31. The van der Waals surface area contributed by atoms with Gasteiger partial charge >= 0.3 is 0 Å². The van der Waals surface area contributed by atoms with Gasteiger partial charge in [0.15, 0.2) is 0 Å². The number of nitrogen functional groups attached to an aromatic ring is 1. The van der Waals surface area contributed by atoms with Crippen LogP contribution in [0.4, 0.5) is 11.4 Å². The normalized spacial score (nSPS) is 10.9. The first-order valence-electron chi connectivity index (χ1n) is 11.6. The Bertz CT molecular complexity index is 1690. The predicted molar refractivity (Wildman–Crippen MR) is 149 cm³/mol. The van der Waals surface area contributed by atoms with Gasteiger partial charge in [0.2, 0.25) is 15.9 Å². The number of nitrogens with one attached hydrogen (secondary N) is 3. The average molecular weight is 544 g/mol. The van der Waals surface area contributed by atoms with Crippen molar-refractivity contribution in [3.8, 4) is 22.6 Å². The van der Waals surface area contributed by atoms with Crippen LogP contribution in [0, 0.1) is 5.41 Å². The third-order valence-corrected chi connectivity index (χ3v) is 6.53. The van der Waals surface area contributed by atoms with Crippen molar-refractivity contribution in [1.29, 1.82) is 5.41 Å². The van der Waals surface area contributed by atoms with E-state index in [0.717, 1.165) is 0 Å². The van der Waals surface area contributed by atoms with Gasteiger partial charge in [-0.15, -0.1) is 0 Å². The predicted octanol–water partition coefficient (Wildman–Crippen LogP) is 4.29. The van der Waals surface area contributed by atoms with Crippen LogP contribution in [0.5, 0.6) is 11.5 Å². The molecule has 4 rings (SSSR count). The van der Waals surface area contributed by atoms with E-state index in [1.807, 2.05) is 0 Å². The minimum atomic E-state index is -3.93. The van der Waals surface area contributed by atoms with Gasteiger partial charge in [-0.3, -0.25) is 15.0 Å². The molecule has 4 aromatic rings. The van der Waals surface area contributed by atoms with Crippen molar-refractivity contribution in [2.24, 2.45) is 10.9 Å². The number of amides is 2. The molecule has 0 aliphatic carbocycles. The van der Waals surface area contributed by atoms with Crippen LogP contribution >= 0.6 is 0 Å². The highest BCUT2D eigenvalue weighted by molar-refractivity contribution is 7.89. The molecule has 0 aromatic heterocycles. The van der Waals surface area contributed by atoms with Gasteiger partial charge in [0.25, 0.3) is 5.91 Å². The van der Waals surface area contributed by atoms with Crippen molar-refractivity contribution in [2.45, 2.75) is 11.8 Å². The third kappa shape index (κ3) is 6.66. The number of hydrogen-bond donors (Lipinski definition) is 5. The van der Waals surface area contributed by atoms with Crippen molar-refractivity contribution >= 4 is 39.0 Å². The molecule has 0 unspecified atom stereocenters. The minimum absolute atomic E-state index is 0.00722. The van der Waals surface area contributed by atoms with Gasteiger partial charge in [-0.05, 0) is 54.1 Å². The van der Waals surface area contributed by atoms with E-state index >= 15 is 0 Å². The van der Waals surface area contributed by atoms with Gasteiger partial charge in [0.05, 0.1) is 10.5 Å². The Morgan fingerprint density at radius 1 is 0.846 bits per heavy atom. The molecule has 0 saturated carbocycles. The van der Waals surface area contributed by atoms with Gasteiger partial charge in [0, 0.05) is 29.4 Å². The Kier molecular flexibility index (Phi) is 7.75. The number of hydrogen-bond acceptors (Lipinski definition) is 6. The minimum Gasteiger partial charge on any atom is -0.457 e. The topological polar surface area (TPSA) is 177 Å². The van der Waals surface area contributed by atoms with E-state index in [-0.39, 0.29) is 28.0 Å². The van der Waals surface area contributed by atoms with Crippen molar-refractivity contribution in [3.63, 3.8) is 0 Å². The first-order chi connectivity index (χ1) is 18.5. The second-order valence-electron chi connectivity index (χ2n) is 8.51. The molecule has 39 heavy (non-hydrogen) atoms. The molecule has 7 N–H and O–H groups in total. The first-order valence-corrected chi connectivity index (χ1v) is 13.1. The zero-order valence-electron chi connectivity index (χ0n) is 20.8. The Balaban J connectivity index is 1.63. The lowest BCUT2D eigenvalue weighted by Crippen LogP contribution is -2.15. The summed E-state index contributed by atoms with van der Waals surface area (Å²) in [5.74, 6) is -0.380. The van der Waals surface area contributed by atoms with Gasteiger partial charge in [-0.25, -0.2) is 13.6 Å². The summed E-state index contributed by atoms with van der Waals surface area (Å²) < 4.78 is 29.9. The highest BCUT2D eigenvalue weighted by atomic mass is 32.2. The maximum Gasteiger partial charge on any atom is 0.259 e. The van der Waals surface area contributed by atoms with Gasteiger partial charge in [0.1, 0.15) is 17.3 Å². The smallest absolute Gasteiger partial charge is 0.259 e. The molecule has 0 heterocycles. The number of primary sulfonamides is 1. The van der Waals surface area contributed by atoms with Gasteiger partial charge in [-0.2, -0.15) is 0 Å². The number of benzene rings is 4. The van der Waals surface area contributed by atoms with Crippen LogP contribution in [0.2, 0.25) is 0 Å². The quantitative estimate of drug-likeness (QED) is 0.163. The molecule has 0 aliphatic heterocycles. The van der Waals surface area contributed by atoms with Crippen LogP contribution in [-0.4, -0.2) is 26.1 Å². The summed E-state index contributed by atoms with van der Waals surface area (Å²) in [6.07, 6.45) is 0. The molecule has 2 amide bonds. The Hall–Kier alpha value is -5.00. The zero-order chi connectivity index (χ0) is 28.2. The number of rotatable bonds is 8. The molecular formula is C28H25N5O5S. The van der Waals surface area contributed by atoms with Crippen molar-refractivity contribution < 1.29 is 22.7 Å². The number of nitrogens with two attached hydrogens (primary N) is 2. The standard InChI is InChI=1S/C28H25N5O5S/c1-17(34)32-21-13-14-25(38-22-6-4-5-19(15-22)27(29)30)24(16-21)28(35)33-20-11-9-18(10-12-20)23-7-2-3-8-26(23)39(31,36)37/h2-16H,1H3,(H3,29,30)(H,32,34)(H,33,35)(H2,31,36,37). The van der Waals surface area contributed by atoms with Crippen LogP contribution in [-0.2, 0) is 14.8 Å². The number of anilines is 2.